The molecular formula is C16H28N2S. The highest BCUT2D eigenvalue weighted by Crippen LogP contribution is 2.24. The van der Waals surface area contributed by atoms with Crippen LogP contribution < -0.4 is 5.32 Å². The average Bonchev–Trinajstić information content (AvgIpc) is 2.92. The first-order valence-electron chi connectivity index (χ1n) is 7.72. The molecule has 108 valence electrons. The third-order valence-electron chi connectivity index (χ3n) is 4.58. The van der Waals surface area contributed by atoms with Crippen LogP contribution in [0.4, 0.5) is 0 Å². The molecule has 2 rings (SSSR count). The normalized spacial score (nSPS) is 28.7. The van der Waals surface area contributed by atoms with Crippen LogP contribution in [0.25, 0.3) is 0 Å². The van der Waals surface area contributed by atoms with Crippen molar-refractivity contribution >= 4 is 11.3 Å². The third-order valence-corrected chi connectivity index (χ3v) is 5.52. The minimum absolute atomic E-state index is 0.697. The molecule has 0 spiro atoms. The van der Waals surface area contributed by atoms with Gasteiger partial charge >= 0.3 is 0 Å². The quantitative estimate of drug-likeness (QED) is 0.859. The van der Waals surface area contributed by atoms with Gasteiger partial charge in [-0.1, -0.05) is 19.9 Å². The molecule has 19 heavy (non-hydrogen) atoms. The topological polar surface area (TPSA) is 15.3 Å². The molecule has 3 heteroatoms. The van der Waals surface area contributed by atoms with E-state index in [-0.39, 0.29) is 0 Å². The number of likely N-dealkylation sites (tertiary alicyclic amines) is 1. The average molecular weight is 280 g/mol. The zero-order chi connectivity index (χ0) is 13.7. The maximum absolute atomic E-state index is 3.72. The van der Waals surface area contributed by atoms with Crippen molar-refractivity contribution in [3.05, 3.63) is 22.4 Å². The van der Waals surface area contributed by atoms with Gasteiger partial charge in [0.25, 0.3) is 0 Å². The van der Waals surface area contributed by atoms with Crippen molar-refractivity contribution in [1.82, 2.24) is 10.2 Å². The molecule has 0 bridgehead atoms. The van der Waals surface area contributed by atoms with Crippen LogP contribution >= 0.6 is 11.3 Å². The van der Waals surface area contributed by atoms with Crippen molar-refractivity contribution in [2.24, 2.45) is 5.92 Å². The van der Waals surface area contributed by atoms with E-state index in [2.05, 4.69) is 48.5 Å². The SMILES string of the molecule is CCCNC1CCN(CCc2cccs2)C(C)C1C. The van der Waals surface area contributed by atoms with Crippen LogP contribution in [0, 0.1) is 5.92 Å². The van der Waals surface area contributed by atoms with Gasteiger partial charge in [-0.15, -0.1) is 11.3 Å². The van der Waals surface area contributed by atoms with Crippen molar-refractivity contribution in [2.75, 3.05) is 19.6 Å². The summed E-state index contributed by atoms with van der Waals surface area (Å²) in [4.78, 5) is 4.19. The summed E-state index contributed by atoms with van der Waals surface area (Å²) in [6.45, 7) is 10.7. The molecule has 3 unspecified atom stereocenters. The lowest BCUT2D eigenvalue weighted by atomic mass is 9.87. The van der Waals surface area contributed by atoms with Crippen LogP contribution in [0.2, 0.25) is 0 Å². The molecule has 1 aromatic heterocycles. The Kier molecular flexibility index (Phi) is 5.86. The fraction of sp³-hybridized carbons (Fsp3) is 0.750. The van der Waals surface area contributed by atoms with Crippen molar-refractivity contribution in [3.8, 4) is 0 Å². The molecule has 0 radical (unpaired) electrons. The molecule has 0 aliphatic carbocycles. The van der Waals surface area contributed by atoms with Crippen LogP contribution in [0.15, 0.2) is 17.5 Å². The van der Waals surface area contributed by atoms with E-state index in [4.69, 9.17) is 0 Å². The first kappa shape index (κ1) is 15.0. The fourth-order valence-electron chi connectivity index (χ4n) is 3.08. The first-order valence-corrected chi connectivity index (χ1v) is 8.60. The van der Waals surface area contributed by atoms with Crippen molar-refractivity contribution in [1.29, 1.82) is 0 Å². The molecule has 2 heterocycles. The number of piperidine rings is 1. The summed E-state index contributed by atoms with van der Waals surface area (Å²) < 4.78 is 0. The van der Waals surface area contributed by atoms with Crippen LogP contribution in [-0.4, -0.2) is 36.6 Å². The monoisotopic (exact) mass is 280 g/mol. The smallest absolute Gasteiger partial charge is 0.0120 e. The standard InChI is InChI=1S/C16H28N2S/c1-4-9-17-16-8-11-18(14(3)13(16)2)10-7-15-6-5-12-19-15/h5-6,12-14,16-17H,4,7-11H2,1-3H3. The Morgan fingerprint density at radius 1 is 1.42 bits per heavy atom. The van der Waals surface area contributed by atoms with Crippen molar-refractivity contribution in [2.45, 2.75) is 52.1 Å². The van der Waals surface area contributed by atoms with E-state index in [9.17, 15) is 0 Å². The largest absolute Gasteiger partial charge is 0.314 e. The van der Waals surface area contributed by atoms with Gasteiger partial charge in [-0.25, -0.2) is 0 Å². The van der Waals surface area contributed by atoms with Gasteiger partial charge in [0, 0.05) is 23.5 Å². The molecule has 3 atom stereocenters. The second-order valence-electron chi connectivity index (χ2n) is 5.81. The lowest BCUT2D eigenvalue weighted by molar-refractivity contribution is 0.0863. The van der Waals surface area contributed by atoms with E-state index in [0.717, 1.165) is 12.5 Å². The molecular weight excluding hydrogens is 252 g/mol. The van der Waals surface area contributed by atoms with Gasteiger partial charge in [-0.3, -0.25) is 4.90 Å². The van der Waals surface area contributed by atoms with Crippen molar-refractivity contribution < 1.29 is 0 Å². The number of nitrogens with zero attached hydrogens (tertiary/aromatic N) is 1. The van der Waals surface area contributed by atoms with Crippen LogP contribution in [0.5, 0.6) is 0 Å². The molecule has 1 fully saturated rings. The lowest BCUT2D eigenvalue weighted by Crippen LogP contribution is -2.53. The number of thiophene rings is 1. The molecule has 1 aliphatic rings. The Morgan fingerprint density at radius 3 is 2.95 bits per heavy atom. The first-order chi connectivity index (χ1) is 9.22. The van der Waals surface area contributed by atoms with Gasteiger partial charge in [-0.05, 0) is 56.6 Å². The molecule has 0 aromatic carbocycles. The Morgan fingerprint density at radius 2 is 2.26 bits per heavy atom. The van der Waals surface area contributed by atoms with Gasteiger partial charge in [0.1, 0.15) is 0 Å². The molecule has 1 aliphatic heterocycles. The fourth-order valence-corrected chi connectivity index (χ4v) is 3.78. The molecule has 2 nitrogen and oxygen atoms in total. The summed E-state index contributed by atoms with van der Waals surface area (Å²) in [6.07, 6.45) is 3.75. The highest BCUT2D eigenvalue weighted by atomic mass is 32.1. The molecule has 0 saturated carbocycles. The predicted octanol–water partition coefficient (Wildman–Crippen LogP) is 3.39. The zero-order valence-corrected chi connectivity index (χ0v) is 13.4. The van der Waals surface area contributed by atoms with E-state index in [0.29, 0.717) is 12.1 Å². The highest BCUT2D eigenvalue weighted by Gasteiger charge is 2.31. The third kappa shape index (κ3) is 4.04. The molecule has 0 amide bonds. The van der Waals surface area contributed by atoms with E-state index in [1.165, 1.54) is 37.2 Å². The summed E-state index contributed by atoms with van der Waals surface area (Å²) in [5, 5.41) is 5.90. The van der Waals surface area contributed by atoms with E-state index < -0.39 is 0 Å². The Labute approximate surface area is 122 Å². The summed E-state index contributed by atoms with van der Waals surface area (Å²) in [7, 11) is 0. The van der Waals surface area contributed by atoms with Gasteiger partial charge < -0.3 is 5.32 Å². The van der Waals surface area contributed by atoms with Crippen molar-refractivity contribution in [3.63, 3.8) is 0 Å². The van der Waals surface area contributed by atoms with E-state index in [1.807, 2.05) is 11.3 Å². The van der Waals surface area contributed by atoms with Crippen LogP contribution in [-0.2, 0) is 6.42 Å². The van der Waals surface area contributed by atoms with Crippen LogP contribution in [0.3, 0.4) is 0 Å². The minimum Gasteiger partial charge on any atom is -0.314 e. The number of hydrogen-bond donors (Lipinski definition) is 1. The lowest BCUT2D eigenvalue weighted by Gasteiger charge is -2.43. The summed E-state index contributed by atoms with van der Waals surface area (Å²) >= 11 is 1.89. The summed E-state index contributed by atoms with van der Waals surface area (Å²) in [5.41, 5.74) is 0. The van der Waals surface area contributed by atoms with Gasteiger partial charge in [0.15, 0.2) is 0 Å². The summed E-state index contributed by atoms with van der Waals surface area (Å²) in [5.74, 6) is 0.753. The van der Waals surface area contributed by atoms with Gasteiger partial charge in [0.2, 0.25) is 0 Å². The number of hydrogen-bond acceptors (Lipinski definition) is 3. The second-order valence-corrected chi connectivity index (χ2v) is 6.85. The Hall–Kier alpha value is -0.380. The number of rotatable bonds is 6. The highest BCUT2D eigenvalue weighted by molar-refractivity contribution is 7.09. The summed E-state index contributed by atoms with van der Waals surface area (Å²) in [6, 6.07) is 5.83. The van der Waals surface area contributed by atoms with E-state index >= 15 is 0 Å². The second kappa shape index (κ2) is 7.41. The predicted molar refractivity (Wildman–Crippen MR) is 84.9 cm³/mol. The zero-order valence-electron chi connectivity index (χ0n) is 12.6. The maximum atomic E-state index is 3.72. The maximum Gasteiger partial charge on any atom is 0.0120 e. The molecule has 1 N–H and O–H groups in total. The minimum atomic E-state index is 0.697. The number of nitrogens with one attached hydrogen (secondary N) is 1. The van der Waals surface area contributed by atoms with Crippen LogP contribution in [0.1, 0.15) is 38.5 Å². The molecule has 1 aromatic rings. The van der Waals surface area contributed by atoms with Gasteiger partial charge in [-0.2, -0.15) is 0 Å². The molecule has 1 saturated heterocycles. The van der Waals surface area contributed by atoms with Gasteiger partial charge in [0.05, 0.1) is 0 Å². The van der Waals surface area contributed by atoms with E-state index in [1.54, 1.807) is 0 Å². The Balaban J connectivity index is 1.81. The Bertz CT molecular complexity index is 350.